The molecule has 0 aromatic rings. The van der Waals surface area contributed by atoms with Crippen molar-refractivity contribution >= 4 is 35.7 Å². The van der Waals surface area contributed by atoms with Crippen molar-refractivity contribution < 1.29 is 9.47 Å². The van der Waals surface area contributed by atoms with Crippen LogP contribution in [0.15, 0.2) is 22.4 Å². The van der Waals surface area contributed by atoms with Crippen LogP contribution in [-0.4, -0.2) is 35.7 Å². The molecule has 2 N–H and O–H groups in total. The first-order chi connectivity index (χ1) is 8.04. The summed E-state index contributed by atoms with van der Waals surface area (Å²) in [5, 5.41) is 9.59. The fourth-order valence-corrected chi connectivity index (χ4v) is 1.27. The van der Waals surface area contributed by atoms with Gasteiger partial charge in [0.1, 0.15) is 6.61 Å². The second-order valence-electron chi connectivity index (χ2n) is 4.59. The Morgan fingerprint density at radius 1 is 1.28 bits per heavy atom. The van der Waals surface area contributed by atoms with Crippen molar-refractivity contribution in [2.75, 3.05) is 13.2 Å². The van der Waals surface area contributed by atoms with Gasteiger partial charge in [-0.15, -0.1) is 39.7 Å². The van der Waals surface area contributed by atoms with E-state index in [-0.39, 0.29) is 29.6 Å². The van der Waals surface area contributed by atoms with E-state index >= 15 is 0 Å². The van der Waals surface area contributed by atoms with E-state index in [1.165, 1.54) is 5.12 Å². The molecule has 0 bridgehead atoms. The van der Waals surface area contributed by atoms with Crippen molar-refractivity contribution in [2.45, 2.75) is 26.4 Å². The molecule has 0 amide bonds. The van der Waals surface area contributed by atoms with Gasteiger partial charge in [0.25, 0.3) is 0 Å². The first kappa shape index (κ1) is 15.2. The van der Waals surface area contributed by atoms with Crippen LogP contribution in [0.5, 0.6) is 0 Å². The molecule has 0 saturated heterocycles. The summed E-state index contributed by atoms with van der Waals surface area (Å²) in [4.78, 5) is 0. The highest BCUT2D eigenvalue weighted by atomic mass is 127. The third kappa shape index (κ3) is 4.42. The number of hydrazone groups is 2. The van der Waals surface area contributed by atoms with Crippen LogP contribution in [0, 0.1) is 0 Å². The fraction of sp³-hybridized carbons (Fsp3) is 0.600. The van der Waals surface area contributed by atoms with Gasteiger partial charge in [0.15, 0.2) is 5.84 Å². The van der Waals surface area contributed by atoms with Crippen molar-refractivity contribution in [3.63, 3.8) is 0 Å². The largest absolute Gasteiger partial charge is 0.474 e. The average molecular weight is 367 g/mol. The van der Waals surface area contributed by atoms with Crippen molar-refractivity contribution in [2.24, 2.45) is 10.2 Å². The third-order valence-corrected chi connectivity index (χ3v) is 1.99. The van der Waals surface area contributed by atoms with Crippen LogP contribution < -0.4 is 11.1 Å². The number of hydrazine groups is 2. The summed E-state index contributed by atoms with van der Waals surface area (Å²) < 4.78 is 11.0. The number of hydrogen-bond donors (Lipinski definition) is 2. The second kappa shape index (κ2) is 6.34. The average Bonchev–Trinajstić information content (AvgIpc) is 2.70. The summed E-state index contributed by atoms with van der Waals surface area (Å²) in [6.07, 6.45) is 3.57. The number of nitrogens with zero attached hydrogens (tertiary/aromatic N) is 3. The standard InChI is InChI=1S/C10H17N5O2.HI/c1-10(2,3)17-7-6-16-9-5-4-8-11-13-14-15(8)12-9;/h4-5,13-14H,6-7H2,1-3H3;1H. The van der Waals surface area contributed by atoms with E-state index in [0.717, 1.165) is 0 Å². The molecule has 0 aliphatic carbocycles. The summed E-state index contributed by atoms with van der Waals surface area (Å²) in [5.74, 6) is 1.22. The molecule has 0 fully saturated rings. The van der Waals surface area contributed by atoms with Crippen LogP contribution in [0.25, 0.3) is 0 Å². The monoisotopic (exact) mass is 367 g/mol. The van der Waals surface area contributed by atoms with Crippen LogP contribution in [0.1, 0.15) is 20.8 Å². The van der Waals surface area contributed by atoms with Crippen LogP contribution in [0.3, 0.4) is 0 Å². The van der Waals surface area contributed by atoms with Gasteiger partial charge in [0.05, 0.1) is 12.2 Å². The molecule has 7 nitrogen and oxygen atoms in total. The molecule has 0 spiro atoms. The summed E-state index contributed by atoms with van der Waals surface area (Å²) in [7, 11) is 0. The zero-order chi connectivity index (χ0) is 12.3. The van der Waals surface area contributed by atoms with Gasteiger partial charge in [-0.25, -0.2) is 5.53 Å². The molecule has 0 saturated carbocycles. The predicted molar refractivity (Wildman–Crippen MR) is 79.2 cm³/mol. The normalized spacial score (nSPS) is 17.4. The Morgan fingerprint density at radius 2 is 2.06 bits per heavy atom. The van der Waals surface area contributed by atoms with E-state index in [2.05, 4.69) is 21.3 Å². The van der Waals surface area contributed by atoms with Crippen molar-refractivity contribution in [1.82, 2.24) is 16.2 Å². The minimum absolute atomic E-state index is 0. The topological polar surface area (TPSA) is 70.5 Å². The Balaban J connectivity index is 0.00000162. The van der Waals surface area contributed by atoms with Gasteiger partial charge in [-0.05, 0) is 26.8 Å². The number of nitrogens with one attached hydrogen (secondary N) is 2. The Kier molecular flexibility index (Phi) is 5.35. The third-order valence-electron chi connectivity index (χ3n) is 1.99. The number of hydrogen-bond acceptors (Lipinski definition) is 7. The Hall–Kier alpha value is -0.870. The summed E-state index contributed by atoms with van der Waals surface area (Å²) >= 11 is 0. The minimum Gasteiger partial charge on any atom is -0.474 e. The lowest BCUT2D eigenvalue weighted by molar-refractivity contribution is -0.0180. The van der Waals surface area contributed by atoms with E-state index in [1.54, 1.807) is 12.2 Å². The molecule has 2 aliphatic rings. The first-order valence-corrected chi connectivity index (χ1v) is 5.46. The van der Waals surface area contributed by atoms with Gasteiger partial charge < -0.3 is 9.47 Å². The molecule has 2 heterocycles. The van der Waals surface area contributed by atoms with Gasteiger partial charge in [-0.1, -0.05) is 0 Å². The van der Waals surface area contributed by atoms with E-state index in [9.17, 15) is 0 Å². The molecule has 2 aliphatic heterocycles. The summed E-state index contributed by atoms with van der Waals surface area (Å²) in [6.45, 7) is 7.02. The SMILES string of the molecule is CC(C)(C)OCCOC1=NN2NNN=C2C=C1.I. The van der Waals surface area contributed by atoms with Crippen molar-refractivity contribution in [3.05, 3.63) is 12.2 Å². The molecule has 0 radical (unpaired) electrons. The molecule has 18 heavy (non-hydrogen) atoms. The highest BCUT2D eigenvalue weighted by Gasteiger charge is 2.18. The smallest absolute Gasteiger partial charge is 0.233 e. The van der Waals surface area contributed by atoms with E-state index in [4.69, 9.17) is 9.47 Å². The van der Waals surface area contributed by atoms with Gasteiger partial charge in [-0.3, -0.25) is 0 Å². The number of halogens is 1. The number of rotatable bonds is 3. The van der Waals surface area contributed by atoms with E-state index < -0.39 is 0 Å². The van der Waals surface area contributed by atoms with Crippen LogP contribution >= 0.6 is 24.0 Å². The lowest BCUT2D eigenvalue weighted by Crippen LogP contribution is -2.38. The maximum absolute atomic E-state index is 5.54. The number of fused-ring (bicyclic) bond motifs is 1. The molecule has 102 valence electrons. The number of amidine groups is 1. The maximum atomic E-state index is 5.54. The molecule has 0 aromatic carbocycles. The minimum atomic E-state index is -0.145. The number of ether oxygens (including phenoxy) is 2. The molecular formula is C10H18IN5O2. The molecular weight excluding hydrogens is 349 g/mol. The fourth-order valence-electron chi connectivity index (χ4n) is 1.27. The first-order valence-electron chi connectivity index (χ1n) is 5.46. The molecule has 8 heteroatoms. The molecule has 0 unspecified atom stereocenters. The van der Waals surface area contributed by atoms with E-state index in [1.807, 2.05) is 20.8 Å². The van der Waals surface area contributed by atoms with Crippen LogP contribution in [-0.2, 0) is 9.47 Å². The van der Waals surface area contributed by atoms with E-state index in [0.29, 0.717) is 24.9 Å². The highest BCUT2D eigenvalue weighted by Crippen LogP contribution is 2.07. The van der Waals surface area contributed by atoms with Gasteiger partial charge >= 0.3 is 0 Å². The Morgan fingerprint density at radius 3 is 2.78 bits per heavy atom. The van der Waals surface area contributed by atoms with Crippen molar-refractivity contribution in [1.29, 1.82) is 0 Å². The molecule has 2 rings (SSSR count). The van der Waals surface area contributed by atoms with Gasteiger partial charge in [0.2, 0.25) is 5.90 Å². The highest BCUT2D eigenvalue weighted by molar-refractivity contribution is 14.0. The summed E-state index contributed by atoms with van der Waals surface area (Å²) in [6, 6.07) is 0. The second-order valence-corrected chi connectivity index (χ2v) is 4.59. The zero-order valence-corrected chi connectivity index (χ0v) is 13.0. The Bertz CT molecular complexity index is 375. The lowest BCUT2D eigenvalue weighted by Gasteiger charge is -2.20. The zero-order valence-electron chi connectivity index (χ0n) is 10.6. The van der Waals surface area contributed by atoms with Crippen molar-refractivity contribution in [3.8, 4) is 0 Å². The predicted octanol–water partition coefficient (Wildman–Crippen LogP) is 0.958. The van der Waals surface area contributed by atoms with Crippen LogP contribution in [0.4, 0.5) is 0 Å². The van der Waals surface area contributed by atoms with Gasteiger partial charge in [-0.2, -0.15) is 5.12 Å². The lowest BCUT2D eigenvalue weighted by atomic mass is 10.2. The molecule has 0 aromatic heterocycles. The Labute approximate surface area is 123 Å². The van der Waals surface area contributed by atoms with Gasteiger partial charge in [0, 0.05) is 6.08 Å². The summed E-state index contributed by atoms with van der Waals surface area (Å²) in [5.41, 5.74) is 5.19. The quantitative estimate of drug-likeness (QED) is 0.575. The maximum Gasteiger partial charge on any atom is 0.233 e. The molecule has 0 atom stereocenters. The van der Waals surface area contributed by atoms with Crippen LogP contribution in [0.2, 0.25) is 0 Å².